The van der Waals surface area contributed by atoms with E-state index >= 15 is 0 Å². The van der Waals surface area contributed by atoms with Gasteiger partial charge in [0.15, 0.2) is 16.7 Å². The van der Waals surface area contributed by atoms with Crippen molar-refractivity contribution in [1.29, 1.82) is 0 Å². The van der Waals surface area contributed by atoms with E-state index in [-0.39, 0.29) is 37.2 Å². The third kappa shape index (κ3) is 19.8. The van der Waals surface area contributed by atoms with Gasteiger partial charge in [-0.3, -0.25) is 19.8 Å². The van der Waals surface area contributed by atoms with E-state index in [9.17, 15) is 0 Å². The normalized spacial score (nSPS) is 15.0. The molecule has 5 aromatic heterocycles. The number of pyridine rings is 2. The predicted molar refractivity (Wildman–Crippen MR) is 407 cm³/mol. The van der Waals surface area contributed by atoms with Crippen LogP contribution < -0.4 is 5.32 Å². The van der Waals surface area contributed by atoms with E-state index in [1.54, 1.807) is 0 Å². The summed E-state index contributed by atoms with van der Waals surface area (Å²) >= 11 is 0. The Morgan fingerprint density at radius 2 is 0.684 bits per heavy atom. The maximum Gasteiger partial charge on any atom is 0.172 e. The van der Waals surface area contributed by atoms with Crippen LogP contribution >= 0.6 is 37.2 Å². The van der Waals surface area contributed by atoms with Gasteiger partial charge >= 0.3 is 0 Å². The largest absolute Gasteiger partial charge is 0.356 e. The van der Waals surface area contributed by atoms with E-state index in [0.29, 0.717) is 0 Å². The summed E-state index contributed by atoms with van der Waals surface area (Å²) < 4.78 is 17.8. The molecule has 3 aliphatic rings. The van der Waals surface area contributed by atoms with E-state index in [1.165, 1.54) is 135 Å². The average Bonchev–Trinajstić information content (AvgIpc) is 1.60. The number of likely N-dealkylation sites (tertiary alicyclic amines) is 2. The molecule has 1 N–H and O–H groups in total. The molecule has 14 nitrogen and oxygen atoms in total. The van der Waals surface area contributed by atoms with Crippen LogP contribution in [-0.2, 0) is 52.0 Å². The third-order valence-corrected chi connectivity index (χ3v) is 19.6. The fourth-order valence-corrected chi connectivity index (χ4v) is 14.5. The highest BCUT2D eigenvalue weighted by Gasteiger charge is 2.26. The van der Waals surface area contributed by atoms with E-state index in [2.05, 4.69) is 249 Å². The number of piperidine rings is 3. The van der Waals surface area contributed by atoms with E-state index in [1.807, 2.05) is 24.5 Å². The van der Waals surface area contributed by atoms with Gasteiger partial charge in [-0.05, 0) is 252 Å². The summed E-state index contributed by atoms with van der Waals surface area (Å²) in [6.45, 7) is 11.3. The minimum absolute atomic E-state index is 0. The van der Waals surface area contributed by atoms with Gasteiger partial charge in [-0.2, -0.15) is 0 Å². The molecule has 98 heavy (non-hydrogen) atoms. The predicted octanol–water partition coefficient (Wildman–Crippen LogP) is 17.3. The Morgan fingerprint density at radius 3 is 0.980 bits per heavy atom. The lowest BCUT2D eigenvalue weighted by molar-refractivity contribution is 0.170. The van der Waals surface area contributed by atoms with E-state index in [0.717, 1.165) is 143 Å². The summed E-state index contributed by atoms with van der Waals surface area (Å²) in [5, 5.41) is 20.5. The molecule has 0 spiro atoms. The van der Waals surface area contributed by atoms with E-state index in [4.69, 9.17) is 13.6 Å². The highest BCUT2D eigenvalue weighted by atomic mass is 35.5. The van der Waals surface area contributed by atoms with Crippen molar-refractivity contribution in [2.45, 2.75) is 110 Å². The van der Waals surface area contributed by atoms with Crippen LogP contribution in [0.2, 0.25) is 0 Å². The first-order chi connectivity index (χ1) is 46.6. The van der Waals surface area contributed by atoms with Crippen LogP contribution in [0.5, 0.6) is 0 Å². The fraction of sp³-hybridized carbons (Fsp3) is 0.395. The molecular weight excluding hydrogens is 1280 g/mol. The number of hydrogen-bond acceptors (Lipinski definition) is 14. The second-order valence-electron chi connectivity index (χ2n) is 27.5. The number of aryl methyl sites for hydroxylation is 3. The Kier molecular flexibility index (Phi) is 28.4. The average molecular weight is 1380 g/mol. The first-order valence-corrected chi connectivity index (χ1v) is 34.8. The Hall–Kier alpha value is -7.34. The maximum absolute atomic E-state index is 5.97. The van der Waals surface area contributed by atoms with Crippen molar-refractivity contribution in [3.8, 4) is 33.4 Å². The molecule has 8 heterocycles. The molecule has 17 heteroatoms. The second-order valence-corrected chi connectivity index (χ2v) is 27.5. The lowest BCUT2D eigenvalue weighted by Crippen LogP contribution is -2.33. The monoisotopic (exact) mass is 1380 g/mol. The Labute approximate surface area is 599 Å². The summed E-state index contributed by atoms with van der Waals surface area (Å²) in [6.07, 6.45) is 17.8. The molecule has 0 unspecified atom stereocenters. The van der Waals surface area contributed by atoms with Crippen LogP contribution in [-0.4, -0.2) is 131 Å². The van der Waals surface area contributed by atoms with Crippen LogP contribution in [0, 0.1) is 17.8 Å². The number of halogens is 3. The lowest BCUT2D eigenvalue weighted by atomic mass is 9.90. The highest BCUT2D eigenvalue weighted by Crippen LogP contribution is 2.38. The summed E-state index contributed by atoms with van der Waals surface area (Å²) in [5.41, 5.74) is 19.5. The van der Waals surface area contributed by atoms with Crippen LogP contribution in [0.1, 0.15) is 103 Å². The molecule has 0 atom stereocenters. The SMILES string of the molecule is CN(C)Cc1c(-c2ccccc2)ccc2c(CCC3CCN(Cc4ccccn4)CC3)noc12.CN(C)Cc1c(-c2ccccc2)ccc2c(CCC3CCN(Cc4ccccn4)CC3)noc12.CN(C)Cc1c(-c2ccccc2)ccc2c(CCC3CCNCC3)noc12.Cl.Cl.Cl. The highest BCUT2D eigenvalue weighted by molar-refractivity contribution is 5.91. The molecule has 518 valence electrons. The molecule has 3 saturated heterocycles. The van der Waals surface area contributed by atoms with Crippen molar-refractivity contribution in [1.82, 2.24) is 55.3 Å². The van der Waals surface area contributed by atoms with Crippen molar-refractivity contribution in [3.63, 3.8) is 0 Å². The molecular formula is C81H100Cl3N11O3. The minimum atomic E-state index is 0. The standard InChI is InChI=1S/2C29H34N4O.C23H29N3O.3ClH/c2*1-32(2)21-27-25(23-8-4-3-5-9-23)12-13-26-28(31-34-29(26)27)14-11-22-15-18-33(19-16-22)20-24-10-6-7-17-30-24;1-26(2)16-21-19(18-6-4-3-5-7-18)9-10-20-22(25-27-23(20)21)11-8-17-12-14-24-15-13-17;;;/h2*3-10,12-13,17,22H,11,14-16,18-21H2,1-2H3;3-7,9-10,17,24H,8,11-16H2,1-2H3;3*1H. The van der Waals surface area contributed by atoms with Gasteiger partial charge in [-0.15, -0.1) is 37.2 Å². The fourth-order valence-electron chi connectivity index (χ4n) is 14.5. The molecule has 6 aromatic carbocycles. The minimum Gasteiger partial charge on any atom is -0.356 e. The number of aromatic nitrogens is 5. The quantitative estimate of drug-likeness (QED) is 0.0690. The van der Waals surface area contributed by atoms with Gasteiger partial charge in [-0.25, -0.2) is 0 Å². The molecule has 14 rings (SSSR count). The molecule has 0 aliphatic carbocycles. The first-order valence-electron chi connectivity index (χ1n) is 34.8. The van der Waals surface area contributed by atoms with Crippen LogP contribution in [0.15, 0.2) is 190 Å². The number of nitrogens with zero attached hydrogens (tertiary/aromatic N) is 10. The van der Waals surface area contributed by atoms with Crippen molar-refractivity contribution in [2.24, 2.45) is 17.8 Å². The topological polar surface area (TPSA) is 132 Å². The Bertz CT molecular complexity index is 3940. The molecule has 3 aliphatic heterocycles. The number of hydrogen-bond donors (Lipinski definition) is 1. The van der Waals surface area contributed by atoms with Crippen LogP contribution in [0.3, 0.4) is 0 Å². The number of nitrogens with one attached hydrogen (secondary N) is 1. The van der Waals surface area contributed by atoms with Crippen LogP contribution in [0.25, 0.3) is 66.3 Å². The van der Waals surface area contributed by atoms with Crippen molar-refractivity contribution in [3.05, 3.63) is 221 Å². The molecule has 3 fully saturated rings. The van der Waals surface area contributed by atoms with Gasteiger partial charge in [-0.1, -0.05) is 137 Å². The third-order valence-electron chi connectivity index (χ3n) is 19.6. The second kappa shape index (κ2) is 37.2. The molecule has 0 amide bonds. The van der Waals surface area contributed by atoms with Crippen LogP contribution in [0.4, 0.5) is 0 Å². The molecule has 11 aromatic rings. The lowest BCUT2D eigenvalue weighted by Gasteiger charge is -2.31. The van der Waals surface area contributed by atoms with Gasteiger partial charge in [0, 0.05) is 78.0 Å². The summed E-state index contributed by atoms with van der Waals surface area (Å²) in [4.78, 5) is 20.6. The molecule has 0 radical (unpaired) electrons. The van der Waals surface area contributed by atoms with E-state index < -0.39 is 0 Å². The smallest absolute Gasteiger partial charge is 0.172 e. The Balaban J connectivity index is 0.000000171. The maximum atomic E-state index is 5.97. The zero-order chi connectivity index (χ0) is 65.3. The number of rotatable bonds is 22. The van der Waals surface area contributed by atoms with Gasteiger partial charge in [0.2, 0.25) is 0 Å². The number of fused-ring (bicyclic) bond motifs is 3. The first kappa shape index (κ1) is 74.9. The van der Waals surface area contributed by atoms with Gasteiger partial charge in [0.05, 0.1) is 28.5 Å². The molecule has 0 saturated carbocycles. The molecule has 0 bridgehead atoms. The zero-order valence-electron chi connectivity index (χ0n) is 58.2. The summed E-state index contributed by atoms with van der Waals surface area (Å²) in [7, 11) is 12.6. The zero-order valence-corrected chi connectivity index (χ0v) is 60.6. The van der Waals surface area contributed by atoms with Crippen molar-refractivity contribution >= 4 is 70.1 Å². The summed E-state index contributed by atoms with van der Waals surface area (Å²) in [5.74, 6) is 2.30. The van der Waals surface area contributed by atoms with Gasteiger partial charge in [0.25, 0.3) is 0 Å². The van der Waals surface area contributed by atoms with Gasteiger partial charge < -0.3 is 33.6 Å². The summed E-state index contributed by atoms with van der Waals surface area (Å²) in [6, 6.07) is 57.4. The Morgan fingerprint density at radius 1 is 0.378 bits per heavy atom. The number of benzene rings is 6. The van der Waals surface area contributed by atoms with Crippen molar-refractivity contribution in [2.75, 3.05) is 81.6 Å². The van der Waals surface area contributed by atoms with Crippen molar-refractivity contribution < 1.29 is 13.6 Å². The van der Waals surface area contributed by atoms with Gasteiger partial charge in [0.1, 0.15) is 0 Å².